The largest absolute Gasteiger partial charge is 0.493 e. The molecule has 8 heteroatoms. The molecule has 2 aliphatic heterocycles. The van der Waals surface area contributed by atoms with Crippen LogP contribution in [0.5, 0.6) is 5.75 Å². The summed E-state index contributed by atoms with van der Waals surface area (Å²) in [4.78, 5) is 4.08. The van der Waals surface area contributed by atoms with Crippen LogP contribution < -0.4 is 10.1 Å². The van der Waals surface area contributed by atoms with E-state index in [1.54, 1.807) is 22.1 Å². The van der Waals surface area contributed by atoms with E-state index in [1.807, 2.05) is 30.3 Å². The molecule has 0 saturated carbocycles. The minimum atomic E-state index is -3.65. The van der Waals surface area contributed by atoms with E-state index in [4.69, 9.17) is 4.74 Å². The number of sulfonamides is 1. The summed E-state index contributed by atoms with van der Waals surface area (Å²) in [6.07, 6.45) is 3.96. The average Bonchev–Trinajstić information content (AvgIpc) is 3.48. The number of nitrogens with one attached hydrogen (secondary N) is 1. The lowest BCUT2D eigenvalue weighted by atomic mass is 9.94. The van der Waals surface area contributed by atoms with Crippen molar-refractivity contribution in [2.24, 2.45) is 7.05 Å². The number of anilines is 1. The second-order valence-corrected chi connectivity index (χ2v) is 9.77. The highest BCUT2D eigenvalue weighted by Crippen LogP contribution is 2.34. The molecule has 0 unspecified atom stereocenters. The van der Waals surface area contributed by atoms with Gasteiger partial charge in [-0.05, 0) is 29.3 Å². The molecule has 5 rings (SSSR count). The second kappa shape index (κ2) is 7.45. The number of imidazole rings is 1. The van der Waals surface area contributed by atoms with Crippen molar-refractivity contribution in [3.63, 3.8) is 0 Å². The molecule has 0 spiro atoms. The molecule has 1 aromatic heterocycles. The zero-order valence-electron chi connectivity index (χ0n) is 16.7. The minimum absolute atomic E-state index is 0.0363. The van der Waals surface area contributed by atoms with Crippen LogP contribution in [-0.2, 0) is 23.5 Å². The Morgan fingerprint density at radius 2 is 1.97 bits per heavy atom. The summed E-state index contributed by atoms with van der Waals surface area (Å²) >= 11 is 0. The third kappa shape index (κ3) is 3.46. The van der Waals surface area contributed by atoms with Crippen molar-refractivity contribution in [3.8, 4) is 5.75 Å². The van der Waals surface area contributed by atoms with Gasteiger partial charge >= 0.3 is 0 Å². The van der Waals surface area contributed by atoms with Crippen LogP contribution in [0.3, 0.4) is 0 Å². The van der Waals surface area contributed by atoms with Crippen molar-refractivity contribution < 1.29 is 13.2 Å². The Hall–Kier alpha value is -2.84. The topological polar surface area (TPSA) is 76.5 Å². The van der Waals surface area contributed by atoms with Gasteiger partial charge in [-0.15, -0.1) is 0 Å². The first-order valence-corrected chi connectivity index (χ1v) is 11.5. The predicted molar refractivity (Wildman–Crippen MR) is 114 cm³/mol. The van der Waals surface area contributed by atoms with Gasteiger partial charge in [0.2, 0.25) is 0 Å². The first-order valence-electron chi connectivity index (χ1n) is 10.1. The zero-order chi connectivity index (χ0) is 20.7. The summed E-state index contributed by atoms with van der Waals surface area (Å²) in [7, 11) is -1.88. The van der Waals surface area contributed by atoms with E-state index in [1.165, 1.54) is 11.9 Å². The molecule has 7 nitrogen and oxygen atoms in total. The van der Waals surface area contributed by atoms with E-state index in [0.717, 1.165) is 23.4 Å². The molecular formula is C22H24N4O3S. The summed E-state index contributed by atoms with van der Waals surface area (Å²) in [5, 5.41) is 3.68. The zero-order valence-corrected chi connectivity index (χ0v) is 17.5. The van der Waals surface area contributed by atoms with Crippen molar-refractivity contribution in [1.82, 2.24) is 13.9 Å². The highest BCUT2D eigenvalue weighted by Gasteiger charge is 2.41. The first-order chi connectivity index (χ1) is 14.5. The SMILES string of the molecule is Cn1cnc(S(=O)(=O)N2C[C@H](Nc3ccc4c(c3)CCO4)[C@@H](c3ccccc3)C2)c1. The summed E-state index contributed by atoms with van der Waals surface area (Å²) < 4.78 is 35.2. The Morgan fingerprint density at radius 1 is 1.13 bits per heavy atom. The number of aromatic nitrogens is 2. The molecule has 30 heavy (non-hydrogen) atoms. The Kier molecular flexibility index (Phi) is 4.75. The maximum absolute atomic E-state index is 13.2. The third-order valence-electron chi connectivity index (χ3n) is 5.84. The number of rotatable bonds is 5. The van der Waals surface area contributed by atoms with Crippen molar-refractivity contribution in [3.05, 3.63) is 72.2 Å². The molecule has 1 N–H and O–H groups in total. The number of fused-ring (bicyclic) bond motifs is 1. The van der Waals surface area contributed by atoms with Crippen molar-refractivity contribution in [1.29, 1.82) is 0 Å². The number of ether oxygens (including phenoxy) is 1. The van der Waals surface area contributed by atoms with E-state index in [-0.39, 0.29) is 17.0 Å². The molecule has 2 atom stereocenters. The normalized spacial score (nSPS) is 21.4. The van der Waals surface area contributed by atoms with Crippen LogP contribution in [0.4, 0.5) is 5.69 Å². The Bertz CT molecular complexity index is 1160. The highest BCUT2D eigenvalue weighted by atomic mass is 32.2. The van der Waals surface area contributed by atoms with E-state index >= 15 is 0 Å². The van der Waals surface area contributed by atoms with Gasteiger partial charge < -0.3 is 14.6 Å². The summed E-state index contributed by atoms with van der Waals surface area (Å²) in [6.45, 7) is 1.51. The first kappa shape index (κ1) is 19.1. The lowest BCUT2D eigenvalue weighted by molar-refractivity contribution is 0.357. The summed E-state index contributed by atoms with van der Waals surface area (Å²) in [6, 6.07) is 16.1. The number of aryl methyl sites for hydroxylation is 1. The molecule has 3 heterocycles. The fraction of sp³-hybridized carbons (Fsp3) is 0.318. The number of hydrogen-bond acceptors (Lipinski definition) is 5. The van der Waals surface area contributed by atoms with Gasteiger partial charge in [-0.1, -0.05) is 30.3 Å². The summed E-state index contributed by atoms with van der Waals surface area (Å²) in [5.41, 5.74) is 3.30. The number of nitrogens with zero attached hydrogens (tertiary/aromatic N) is 3. The summed E-state index contributed by atoms with van der Waals surface area (Å²) in [5.74, 6) is 0.972. The molecule has 0 aliphatic carbocycles. The van der Waals surface area contributed by atoms with Crippen LogP contribution >= 0.6 is 0 Å². The molecule has 1 saturated heterocycles. The molecule has 0 amide bonds. The van der Waals surface area contributed by atoms with Crippen molar-refractivity contribution >= 4 is 15.7 Å². The third-order valence-corrected chi connectivity index (χ3v) is 7.56. The predicted octanol–water partition coefficient (Wildman–Crippen LogP) is 2.62. The van der Waals surface area contributed by atoms with Gasteiger partial charge in [0.05, 0.1) is 12.9 Å². The maximum atomic E-state index is 13.2. The van der Waals surface area contributed by atoms with Crippen LogP contribution in [0.25, 0.3) is 0 Å². The maximum Gasteiger partial charge on any atom is 0.262 e. The van der Waals surface area contributed by atoms with Crippen LogP contribution in [0.1, 0.15) is 17.0 Å². The number of hydrogen-bond donors (Lipinski definition) is 1. The van der Waals surface area contributed by atoms with Gasteiger partial charge in [0.25, 0.3) is 10.0 Å². The van der Waals surface area contributed by atoms with E-state index in [9.17, 15) is 8.42 Å². The molecule has 0 bridgehead atoms. The molecule has 2 aromatic carbocycles. The van der Waals surface area contributed by atoms with E-state index in [0.29, 0.717) is 19.7 Å². The van der Waals surface area contributed by atoms with Gasteiger partial charge in [-0.25, -0.2) is 13.4 Å². The molecule has 1 fully saturated rings. The molecular weight excluding hydrogens is 400 g/mol. The highest BCUT2D eigenvalue weighted by molar-refractivity contribution is 7.89. The Morgan fingerprint density at radius 3 is 2.73 bits per heavy atom. The fourth-order valence-corrected chi connectivity index (χ4v) is 5.75. The van der Waals surface area contributed by atoms with Crippen LogP contribution in [0.2, 0.25) is 0 Å². The standard InChI is InChI=1S/C22H24N4O3S/c1-25-14-22(23-15-25)30(27,28)26-12-19(16-5-3-2-4-6-16)20(13-26)24-18-7-8-21-17(11-18)9-10-29-21/h2-8,11,14-15,19-20,24H,9-10,12-13H2,1H3/t19-,20+/m1/s1. The monoisotopic (exact) mass is 424 g/mol. The lowest BCUT2D eigenvalue weighted by Gasteiger charge is -2.21. The van der Waals surface area contributed by atoms with Crippen LogP contribution in [0, 0.1) is 0 Å². The lowest BCUT2D eigenvalue weighted by Crippen LogP contribution is -2.32. The molecule has 156 valence electrons. The van der Waals surface area contributed by atoms with Gasteiger partial charge in [0.1, 0.15) is 5.75 Å². The average molecular weight is 425 g/mol. The fourth-order valence-electron chi connectivity index (χ4n) is 4.29. The Labute approximate surface area is 176 Å². The smallest absolute Gasteiger partial charge is 0.262 e. The molecule has 2 aliphatic rings. The van der Waals surface area contributed by atoms with Crippen LogP contribution in [0.15, 0.2) is 66.1 Å². The van der Waals surface area contributed by atoms with Crippen molar-refractivity contribution in [2.75, 3.05) is 25.0 Å². The van der Waals surface area contributed by atoms with E-state index in [2.05, 4.69) is 28.5 Å². The van der Waals surface area contributed by atoms with Gasteiger partial charge in [-0.3, -0.25) is 0 Å². The molecule has 3 aromatic rings. The van der Waals surface area contributed by atoms with Crippen LogP contribution in [-0.4, -0.2) is 48.0 Å². The Balaban J connectivity index is 1.45. The van der Waals surface area contributed by atoms with E-state index < -0.39 is 10.0 Å². The molecule has 0 radical (unpaired) electrons. The quantitative estimate of drug-likeness (QED) is 0.681. The van der Waals surface area contributed by atoms with Crippen molar-refractivity contribution in [2.45, 2.75) is 23.4 Å². The number of benzene rings is 2. The van der Waals surface area contributed by atoms with Gasteiger partial charge in [0.15, 0.2) is 5.03 Å². The second-order valence-electron chi connectivity index (χ2n) is 7.89. The van der Waals surface area contributed by atoms with Gasteiger partial charge in [-0.2, -0.15) is 4.31 Å². The van der Waals surface area contributed by atoms with Gasteiger partial charge in [0, 0.05) is 50.4 Å². The minimum Gasteiger partial charge on any atom is -0.493 e.